The van der Waals surface area contributed by atoms with Crippen LogP contribution in [-0.2, 0) is 12.6 Å². The molecule has 0 aliphatic carbocycles. The van der Waals surface area contributed by atoms with Crippen LogP contribution in [0.1, 0.15) is 28.2 Å². The predicted molar refractivity (Wildman–Crippen MR) is 98.9 cm³/mol. The molecule has 10 heteroatoms. The predicted octanol–water partition coefficient (Wildman–Crippen LogP) is 3.17. The van der Waals surface area contributed by atoms with Crippen molar-refractivity contribution in [2.75, 3.05) is 6.61 Å². The van der Waals surface area contributed by atoms with Gasteiger partial charge in [0.1, 0.15) is 28.4 Å². The smallest absolute Gasteiger partial charge is 0.491 e. The Morgan fingerprint density at radius 1 is 1.20 bits per heavy atom. The highest BCUT2D eigenvalue weighted by Crippen LogP contribution is 2.41. The summed E-state index contributed by atoms with van der Waals surface area (Å²) in [5.74, 6) is -0.263. The van der Waals surface area contributed by atoms with Crippen LogP contribution in [0.4, 0.5) is 13.2 Å². The van der Waals surface area contributed by atoms with Crippen molar-refractivity contribution in [1.82, 2.24) is 20.1 Å². The molecule has 0 spiro atoms. The number of carbonyl (C=O) groups excluding carboxylic acids is 1. The first-order valence-electron chi connectivity index (χ1n) is 9.04. The number of carbonyl (C=O) groups is 1. The Bertz CT molecular complexity index is 1070. The van der Waals surface area contributed by atoms with Crippen molar-refractivity contribution in [2.45, 2.75) is 18.3 Å². The maximum Gasteiger partial charge on any atom is 0.573 e. The van der Waals surface area contributed by atoms with E-state index in [-0.39, 0.29) is 12.4 Å². The van der Waals surface area contributed by atoms with E-state index in [2.05, 4.69) is 20.1 Å². The fourth-order valence-corrected chi connectivity index (χ4v) is 3.53. The quantitative estimate of drug-likeness (QED) is 0.704. The molecule has 30 heavy (non-hydrogen) atoms. The first-order chi connectivity index (χ1) is 14.3. The molecule has 1 N–H and O–H groups in total. The van der Waals surface area contributed by atoms with E-state index >= 15 is 0 Å². The molecule has 2 aromatic heterocycles. The van der Waals surface area contributed by atoms with Crippen molar-refractivity contribution < 1.29 is 27.4 Å². The number of fused-ring (bicyclic) bond motifs is 1. The standard InChI is InChI=1S/C20H17F3N4O3/c1-27-15(8-11-25-27)18(28)26-19(9-12-29-16-3-2-10-24-17(16)19)13-4-6-14(7-5-13)30-20(21,22)23/h2-8,10-11H,9,12H2,1H3,(H,26,28)/t19-/m0/s1. The van der Waals surface area contributed by atoms with Gasteiger partial charge in [0.25, 0.3) is 5.91 Å². The van der Waals surface area contributed by atoms with E-state index in [1.54, 1.807) is 31.4 Å². The lowest BCUT2D eigenvalue weighted by Crippen LogP contribution is -2.50. The number of hydrogen-bond donors (Lipinski definition) is 1. The van der Waals surface area contributed by atoms with Crippen LogP contribution in [0.3, 0.4) is 0 Å². The van der Waals surface area contributed by atoms with Gasteiger partial charge in [-0.15, -0.1) is 13.2 Å². The first-order valence-corrected chi connectivity index (χ1v) is 9.04. The minimum atomic E-state index is -4.79. The molecule has 0 saturated carbocycles. The van der Waals surface area contributed by atoms with E-state index in [1.165, 1.54) is 35.1 Å². The number of halogens is 3. The Balaban J connectivity index is 1.78. The molecule has 156 valence electrons. The highest BCUT2D eigenvalue weighted by atomic mass is 19.4. The van der Waals surface area contributed by atoms with Crippen molar-refractivity contribution in [1.29, 1.82) is 0 Å². The summed E-state index contributed by atoms with van der Waals surface area (Å²) in [6, 6.07) is 10.4. The maximum atomic E-state index is 13.0. The summed E-state index contributed by atoms with van der Waals surface area (Å²) in [5, 5.41) is 7.02. The number of rotatable bonds is 4. The van der Waals surface area contributed by atoms with Crippen LogP contribution in [0.25, 0.3) is 0 Å². The molecule has 0 radical (unpaired) electrons. The third-order valence-corrected chi connectivity index (χ3v) is 4.87. The number of amides is 1. The van der Waals surface area contributed by atoms with Crippen molar-refractivity contribution in [2.24, 2.45) is 7.05 Å². The van der Waals surface area contributed by atoms with Crippen molar-refractivity contribution >= 4 is 5.91 Å². The molecule has 1 atom stereocenters. The van der Waals surface area contributed by atoms with Gasteiger partial charge >= 0.3 is 6.36 Å². The summed E-state index contributed by atoms with van der Waals surface area (Å²) >= 11 is 0. The fraction of sp³-hybridized carbons (Fsp3) is 0.250. The normalized spacial score (nSPS) is 18.3. The van der Waals surface area contributed by atoms with Crippen LogP contribution in [0.15, 0.2) is 54.9 Å². The van der Waals surface area contributed by atoms with Gasteiger partial charge in [0, 0.05) is 25.9 Å². The van der Waals surface area contributed by atoms with Gasteiger partial charge in [-0.25, -0.2) is 0 Å². The van der Waals surface area contributed by atoms with Crippen LogP contribution in [0.5, 0.6) is 11.5 Å². The molecule has 0 fully saturated rings. The SMILES string of the molecule is Cn1nccc1C(=O)N[C@]1(c2ccc(OC(F)(F)F)cc2)CCOc2cccnc21. The van der Waals surface area contributed by atoms with Gasteiger partial charge in [-0.2, -0.15) is 5.10 Å². The van der Waals surface area contributed by atoms with Gasteiger partial charge in [-0.3, -0.25) is 14.5 Å². The molecule has 1 aliphatic rings. The van der Waals surface area contributed by atoms with Crippen LogP contribution >= 0.6 is 0 Å². The zero-order valence-corrected chi connectivity index (χ0v) is 15.8. The zero-order valence-electron chi connectivity index (χ0n) is 15.8. The topological polar surface area (TPSA) is 78.3 Å². The number of benzene rings is 1. The number of nitrogens with one attached hydrogen (secondary N) is 1. The number of ether oxygens (including phenoxy) is 2. The molecule has 0 saturated heterocycles. The van der Waals surface area contributed by atoms with Gasteiger partial charge in [0.15, 0.2) is 0 Å². The number of nitrogens with zero attached hydrogens (tertiary/aromatic N) is 3. The Kier molecular flexibility index (Phi) is 4.84. The lowest BCUT2D eigenvalue weighted by Gasteiger charge is -2.39. The molecule has 1 aliphatic heterocycles. The summed E-state index contributed by atoms with van der Waals surface area (Å²) in [6.45, 7) is 0.283. The first kappa shape index (κ1) is 19.7. The minimum Gasteiger partial charge on any atom is -0.491 e. The summed E-state index contributed by atoms with van der Waals surface area (Å²) in [7, 11) is 1.64. The molecule has 3 heterocycles. The summed E-state index contributed by atoms with van der Waals surface area (Å²) < 4.78 is 48.6. The van der Waals surface area contributed by atoms with Crippen LogP contribution < -0.4 is 14.8 Å². The molecule has 7 nitrogen and oxygen atoms in total. The van der Waals surface area contributed by atoms with Gasteiger partial charge in [0.2, 0.25) is 0 Å². The molecule has 4 rings (SSSR count). The van der Waals surface area contributed by atoms with Crippen LogP contribution in [0.2, 0.25) is 0 Å². The van der Waals surface area contributed by atoms with Gasteiger partial charge in [-0.1, -0.05) is 12.1 Å². The van der Waals surface area contributed by atoms with Gasteiger partial charge in [-0.05, 0) is 35.9 Å². The maximum absolute atomic E-state index is 13.0. The Labute approximate surface area is 169 Å². The fourth-order valence-electron chi connectivity index (χ4n) is 3.53. The van der Waals surface area contributed by atoms with E-state index in [0.717, 1.165) is 0 Å². The second kappa shape index (κ2) is 7.36. The Morgan fingerprint density at radius 2 is 1.97 bits per heavy atom. The van der Waals surface area contributed by atoms with E-state index < -0.39 is 17.8 Å². The van der Waals surface area contributed by atoms with E-state index in [4.69, 9.17) is 4.74 Å². The molecule has 1 aromatic carbocycles. The van der Waals surface area contributed by atoms with Gasteiger partial charge < -0.3 is 14.8 Å². The summed E-state index contributed by atoms with van der Waals surface area (Å²) in [4.78, 5) is 17.4. The number of hydrogen-bond acceptors (Lipinski definition) is 5. The highest BCUT2D eigenvalue weighted by Gasteiger charge is 2.43. The summed E-state index contributed by atoms with van der Waals surface area (Å²) in [6.07, 6.45) is -1.39. The monoisotopic (exact) mass is 418 g/mol. The third kappa shape index (κ3) is 3.68. The lowest BCUT2D eigenvalue weighted by atomic mass is 9.81. The van der Waals surface area contributed by atoms with Crippen LogP contribution in [0, 0.1) is 0 Å². The van der Waals surface area contributed by atoms with E-state index in [0.29, 0.717) is 29.1 Å². The number of aryl methyl sites for hydroxylation is 1. The minimum absolute atomic E-state index is 0.283. The molecule has 3 aromatic rings. The number of pyridine rings is 1. The second-order valence-electron chi connectivity index (χ2n) is 6.72. The number of aromatic nitrogens is 3. The van der Waals surface area contributed by atoms with E-state index in [1.807, 2.05) is 0 Å². The Hall–Kier alpha value is -3.56. The Morgan fingerprint density at radius 3 is 2.63 bits per heavy atom. The summed E-state index contributed by atoms with van der Waals surface area (Å²) in [5.41, 5.74) is 0.245. The molecular weight excluding hydrogens is 401 g/mol. The molecule has 0 unspecified atom stereocenters. The molecule has 0 bridgehead atoms. The third-order valence-electron chi connectivity index (χ3n) is 4.87. The lowest BCUT2D eigenvalue weighted by molar-refractivity contribution is -0.274. The number of alkyl halides is 3. The van der Waals surface area contributed by atoms with Crippen molar-refractivity contribution in [3.05, 3.63) is 71.8 Å². The average molecular weight is 418 g/mol. The zero-order chi connectivity index (χ0) is 21.4. The molecule has 1 amide bonds. The van der Waals surface area contributed by atoms with E-state index in [9.17, 15) is 18.0 Å². The van der Waals surface area contributed by atoms with Crippen molar-refractivity contribution in [3.63, 3.8) is 0 Å². The van der Waals surface area contributed by atoms with Gasteiger partial charge in [0.05, 0.1) is 6.61 Å². The molecular formula is C20H17F3N4O3. The average Bonchev–Trinajstić information content (AvgIpc) is 3.13. The largest absolute Gasteiger partial charge is 0.573 e. The van der Waals surface area contributed by atoms with Crippen LogP contribution in [-0.4, -0.2) is 33.6 Å². The highest BCUT2D eigenvalue weighted by molar-refractivity contribution is 5.93. The second-order valence-corrected chi connectivity index (χ2v) is 6.72. The van der Waals surface area contributed by atoms with Crippen molar-refractivity contribution in [3.8, 4) is 11.5 Å².